The van der Waals surface area contributed by atoms with Crippen molar-refractivity contribution < 1.29 is 23.8 Å². The molecule has 3 aromatic rings. The van der Waals surface area contributed by atoms with Crippen molar-refractivity contribution >= 4 is 44.2 Å². The number of nitrogens with one attached hydrogen (secondary N) is 1. The Morgan fingerprint density at radius 3 is 2.74 bits per heavy atom. The van der Waals surface area contributed by atoms with Crippen LogP contribution in [0.25, 0.3) is 10.2 Å². The summed E-state index contributed by atoms with van der Waals surface area (Å²) in [5.41, 5.74) is 1.37. The van der Waals surface area contributed by atoms with Crippen molar-refractivity contribution in [2.24, 2.45) is 5.92 Å². The maximum Gasteiger partial charge on any atom is 0.231 e. The highest BCUT2D eigenvalue weighted by Crippen LogP contribution is 2.36. The Hall–Kier alpha value is -3.33. The Morgan fingerprint density at radius 1 is 1.19 bits per heavy atom. The second-order valence-electron chi connectivity index (χ2n) is 7.01. The Kier molecular flexibility index (Phi) is 5.94. The maximum atomic E-state index is 12.9. The first kappa shape index (κ1) is 20.9. The number of thiazole rings is 1. The Morgan fingerprint density at radius 2 is 2.00 bits per heavy atom. The van der Waals surface area contributed by atoms with Gasteiger partial charge in [-0.2, -0.15) is 0 Å². The zero-order chi connectivity index (χ0) is 22.0. The van der Waals surface area contributed by atoms with Crippen LogP contribution in [0.2, 0.25) is 0 Å². The number of nitrogens with zero attached hydrogens (tertiary/aromatic N) is 2. The van der Waals surface area contributed by atoms with Gasteiger partial charge in [0, 0.05) is 19.0 Å². The van der Waals surface area contributed by atoms with E-state index in [0.29, 0.717) is 28.9 Å². The van der Waals surface area contributed by atoms with E-state index in [1.54, 1.807) is 37.3 Å². The van der Waals surface area contributed by atoms with Gasteiger partial charge in [0.25, 0.3) is 0 Å². The number of ether oxygens (including phenoxy) is 3. The molecule has 31 heavy (non-hydrogen) atoms. The highest BCUT2D eigenvalue weighted by molar-refractivity contribution is 7.22. The lowest BCUT2D eigenvalue weighted by molar-refractivity contribution is -0.122. The van der Waals surface area contributed by atoms with Crippen LogP contribution < -0.4 is 24.4 Å². The zero-order valence-corrected chi connectivity index (χ0v) is 18.3. The molecular formula is C22H23N3O5S. The van der Waals surface area contributed by atoms with Crippen LogP contribution in [0.3, 0.4) is 0 Å². The van der Waals surface area contributed by atoms with Gasteiger partial charge in [-0.05, 0) is 37.3 Å². The van der Waals surface area contributed by atoms with Crippen LogP contribution in [0.15, 0.2) is 36.4 Å². The number of hydrogen-bond donors (Lipinski definition) is 1. The summed E-state index contributed by atoms with van der Waals surface area (Å²) in [6, 6.07) is 10.9. The van der Waals surface area contributed by atoms with Gasteiger partial charge in [0.05, 0.1) is 42.6 Å². The highest BCUT2D eigenvalue weighted by Gasteiger charge is 2.36. The lowest BCUT2D eigenvalue weighted by Gasteiger charge is -2.20. The minimum atomic E-state index is -0.491. The van der Waals surface area contributed by atoms with E-state index < -0.39 is 5.92 Å². The molecule has 4 rings (SSSR count). The van der Waals surface area contributed by atoms with Crippen LogP contribution in [0.1, 0.15) is 13.3 Å². The molecular weight excluding hydrogens is 418 g/mol. The first-order valence-electron chi connectivity index (χ1n) is 9.89. The van der Waals surface area contributed by atoms with E-state index in [1.807, 2.05) is 25.1 Å². The van der Waals surface area contributed by atoms with Gasteiger partial charge in [-0.25, -0.2) is 4.98 Å². The molecule has 0 aliphatic carbocycles. The molecule has 9 heteroatoms. The fourth-order valence-electron chi connectivity index (χ4n) is 3.55. The van der Waals surface area contributed by atoms with Crippen molar-refractivity contribution in [1.82, 2.24) is 4.98 Å². The molecule has 0 radical (unpaired) electrons. The molecule has 1 N–H and O–H groups in total. The monoisotopic (exact) mass is 441 g/mol. The van der Waals surface area contributed by atoms with E-state index in [4.69, 9.17) is 14.2 Å². The van der Waals surface area contributed by atoms with Crippen LogP contribution in [-0.2, 0) is 9.59 Å². The zero-order valence-electron chi connectivity index (χ0n) is 17.5. The molecule has 162 valence electrons. The minimum absolute atomic E-state index is 0.117. The molecule has 1 aliphatic rings. The van der Waals surface area contributed by atoms with E-state index >= 15 is 0 Å². The predicted octanol–water partition coefficient (Wildman–Crippen LogP) is 3.70. The number of carbonyl (C=O) groups excluding carboxylic acids is 2. The topological polar surface area (TPSA) is 90.0 Å². The minimum Gasteiger partial charge on any atom is -0.497 e. The third-order valence-electron chi connectivity index (χ3n) is 5.07. The second-order valence-corrected chi connectivity index (χ2v) is 8.04. The summed E-state index contributed by atoms with van der Waals surface area (Å²) in [6.45, 7) is 2.77. The first-order chi connectivity index (χ1) is 15.0. The van der Waals surface area contributed by atoms with E-state index in [0.717, 1.165) is 16.0 Å². The third-order valence-corrected chi connectivity index (χ3v) is 6.01. The Balaban J connectivity index is 1.49. The summed E-state index contributed by atoms with van der Waals surface area (Å²) in [5.74, 6) is 1.05. The molecule has 1 fully saturated rings. The molecule has 1 saturated heterocycles. The van der Waals surface area contributed by atoms with Crippen LogP contribution in [-0.4, -0.2) is 44.2 Å². The van der Waals surface area contributed by atoms with Gasteiger partial charge in [0.15, 0.2) is 5.13 Å². The highest BCUT2D eigenvalue weighted by atomic mass is 32.1. The number of aromatic nitrogens is 1. The number of fused-ring (bicyclic) bond motifs is 1. The smallest absolute Gasteiger partial charge is 0.231 e. The molecule has 0 spiro atoms. The first-order valence-corrected chi connectivity index (χ1v) is 10.7. The van der Waals surface area contributed by atoms with Gasteiger partial charge >= 0.3 is 0 Å². The molecule has 1 atom stereocenters. The van der Waals surface area contributed by atoms with Crippen molar-refractivity contribution in [3.05, 3.63) is 36.4 Å². The maximum absolute atomic E-state index is 12.9. The van der Waals surface area contributed by atoms with E-state index in [1.165, 1.54) is 11.3 Å². The molecule has 2 amide bonds. The Labute approximate surface area is 183 Å². The fraction of sp³-hybridized carbons (Fsp3) is 0.318. The normalized spacial score (nSPS) is 15.9. The van der Waals surface area contributed by atoms with Crippen LogP contribution >= 0.6 is 11.3 Å². The SMILES string of the molecule is CCOc1ccc2nc(NC(=O)C3CC(=O)N(c4cc(OC)ccc4OC)C3)sc2c1. The molecule has 1 unspecified atom stereocenters. The van der Waals surface area contributed by atoms with E-state index in [-0.39, 0.29) is 24.8 Å². The number of benzene rings is 2. The molecule has 1 aliphatic heterocycles. The number of rotatable bonds is 7. The number of hydrogen-bond acceptors (Lipinski definition) is 7. The second kappa shape index (κ2) is 8.81. The molecule has 0 saturated carbocycles. The lowest BCUT2D eigenvalue weighted by Crippen LogP contribution is -2.28. The predicted molar refractivity (Wildman–Crippen MR) is 119 cm³/mol. The van der Waals surface area contributed by atoms with Gasteiger partial charge in [-0.3, -0.25) is 9.59 Å². The van der Waals surface area contributed by atoms with Crippen molar-refractivity contribution in [3.8, 4) is 17.2 Å². The van der Waals surface area contributed by atoms with Crippen molar-refractivity contribution in [1.29, 1.82) is 0 Å². The number of methoxy groups -OCH3 is 2. The standard InChI is InChI=1S/C22H23N3O5S/c1-4-30-15-5-7-16-19(11-15)31-22(23-16)24-21(27)13-9-20(26)25(12-13)17-10-14(28-2)6-8-18(17)29-3/h5-8,10-11,13H,4,9,12H2,1-3H3,(H,23,24,27). The summed E-state index contributed by atoms with van der Waals surface area (Å²) < 4.78 is 17.1. The van der Waals surface area contributed by atoms with Crippen LogP contribution in [0.4, 0.5) is 10.8 Å². The van der Waals surface area contributed by atoms with E-state index in [2.05, 4.69) is 10.3 Å². The van der Waals surface area contributed by atoms with Crippen LogP contribution in [0.5, 0.6) is 17.2 Å². The molecule has 2 aromatic carbocycles. The van der Waals surface area contributed by atoms with Crippen LogP contribution in [0, 0.1) is 5.92 Å². The molecule has 1 aromatic heterocycles. The fourth-order valence-corrected chi connectivity index (χ4v) is 4.44. The van der Waals surface area contributed by atoms with Crippen molar-refractivity contribution in [2.75, 3.05) is 37.6 Å². The van der Waals surface area contributed by atoms with E-state index in [9.17, 15) is 9.59 Å². The largest absolute Gasteiger partial charge is 0.497 e. The average molecular weight is 442 g/mol. The van der Waals surface area contributed by atoms with Crippen molar-refractivity contribution in [2.45, 2.75) is 13.3 Å². The Bertz CT molecular complexity index is 1130. The summed E-state index contributed by atoms with van der Waals surface area (Å²) in [7, 11) is 3.10. The summed E-state index contributed by atoms with van der Waals surface area (Å²) in [6.07, 6.45) is 0.117. The molecule has 2 heterocycles. The quantitative estimate of drug-likeness (QED) is 0.601. The van der Waals surface area contributed by atoms with Gasteiger partial charge in [-0.15, -0.1) is 0 Å². The number of carbonyl (C=O) groups is 2. The summed E-state index contributed by atoms with van der Waals surface area (Å²) >= 11 is 1.38. The number of anilines is 2. The van der Waals surface area contributed by atoms with Gasteiger partial charge in [0.1, 0.15) is 17.2 Å². The molecule has 0 bridgehead atoms. The molecule has 8 nitrogen and oxygen atoms in total. The lowest BCUT2D eigenvalue weighted by atomic mass is 10.1. The summed E-state index contributed by atoms with van der Waals surface area (Å²) in [4.78, 5) is 31.6. The van der Waals surface area contributed by atoms with Gasteiger partial charge < -0.3 is 24.4 Å². The average Bonchev–Trinajstić information content (AvgIpc) is 3.35. The third kappa shape index (κ3) is 4.27. The number of amides is 2. The summed E-state index contributed by atoms with van der Waals surface area (Å²) in [5, 5.41) is 3.36. The van der Waals surface area contributed by atoms with Crippen molar-refractivity contribution in [3.63, 3.8) is 0 Å². The van der Waals surface area contributed by atoms with Gasteiger partial charge in [-0.1, -0.05) is 11.3 Å². The van der Waals surface area contributed by atoms with Gasteiger partial charge in [0.2, 0.25) is 11.8 Å².